The van der Waals surface area contributed by atoms with Crippen LogP contribution < -0.4 is 0 Å². The van der Waals surface area contributed by atoms with Crippen LogP contribution >= 0.6 is 0 Å². The summed E-state index contributed by atoms with van der Waals surface area (Å²) >= 11 is 0. The van der Waals surface area contributed by atoms with Crippen LogP contribution in [0.1, 0.15) is 129 Å². The van der Waals surface area contributed by atoms with Gasteiger partial charge in [0.2, 0.25) is 0 Å². The van der Waals surface area contributed by atoms with Gasteiger partial charge in [-0.05, 0) is 18.8 Å². The summed E-state index contributed by atoms with van der Waals surface area (Å²) in [6, 6.07) is 0. The molecule has 0 aromatic rings. The van der Waals surface area contributed by atoms with Crippen molar-refractivity contribution >= 4 is 5.97 Å². The van der Waals surface area contributed by atoms with Gasteiger partial charge in [0, 0.05) is 5.57 Å². The van der Waals surface area contributed by atoms with Crippen LogP contribution in [0.15, 0.2) is 12.2 Å². The molecule has 0 fully saturated rings. The van der Waals surface area contributed by atoms with Gasteiger partial charge in [-0.1, -0.05) is 123 Å². The summed E-state index contributed by atoms with van der Waals surface area (Å²) in [7, 11) is 0. The smallest absolute Gasteiger partial charge is 0.331 e. The van der Waals surface area contributed by atoms with Crippen LogP contribution in [0.5, 0.6) is 0 Å². The zero-order valence-corrected chi connectivity index (χ0v) is 17.9. The van der Waals surface area contributed by atoms with E-state index in [1.165, 1.54) is 83.5 Å². The Labute approximate surface area is 163 Å². The van der Waals surface area contributed by atoms with Crippen LogP contribution in [-0.2, 0) is 4.79 Å². The zero-order valence-electron chi connectivity index (χ0n) is 17.9. The Morgan fingerprint density at radius 1 is 0.654 bits per heavy atom. The minimum absolute atomic E-state index is 0.185. The Kier molecular flexibility index (Phi) is 18.4. The third-order valence-electron chi connectivity index (χ3n) is 5.58. The molecule has 0 bridgehead atoms. The van der Waals surface area contributed by atoms with Gasteiger partial charge in [0.15, 0.2) is 0 Å². The lowest BCUT2D eigenvalue weighted by Crippen LogP contribution is -2.12. The van der Waals surface area contributed by atoms with E-state index in [0.29, 0.717) is 5.57 Å². The first-order valence-electron chi connectivity index (χ1n) is 11.6. The molecule has 26 heavy (non-hydrogen) atoms. The normalized spacial score (nSPS) is 12.2. The Morgan fingerprint density at radius 3 is 1.38 bits per heavy atom. The predicted octanol–water partition coefficient (Wildman–Crippen LogP) is 8.31. The summed E-state index contributed by atoms with van der Waals surface area (Å²) in [5, 5.41) is 9.17. The van der Waals surface area contributed by atoms with Gasteiger partial charge in [-0.15, -0.1) is 0 Å². The molecule has 0 aliphatic rings. The van der Waals surface area contributed by atoms with E-state index in [2.05, 4.69) is 20.4 Å². The van der Waals surface area contributed by atoms with Gasteiger partial charge in [-0.3, -0.25) is 0 Å². The van der Waals surface area contributed by atoms with E-state index in [4.69, 9.17) is 5.11 Å². The maximum atomic E-state index is 11.2. The number of carbonyl (C=O) groups is 1. The molecule has 154 valence electrons. The van der Waals surface area contributed by atoms with E-state index >= 15 is 0 Å². The highest BCUT2D eigenvalue weighted by Crippen LogP contribution is 2.24. The van der Waals surface area contributed by atoms with Crippen LogP contribution in [-0.4, -0.2) is 11.1 Å². The lowest BCUT2D eigenvalue weighted by Gasteiger charge is -2.16. The second kappa shape index (κ2) is 19.0. The van der Waals surface area contributed by atoms with E-state index in [9.17, 15) is 4.79 Å². The lowest BCUT2D eigenvalue weighted by atomic mass is 9.89. The van der Waals surface area contributed by atoms with Gasteiger partial charge in [0.05, 0.1) is 0 Å². The quantitative estimate of drug-likeness (QED) is 0.174. The molecule has 0 spiro atoms. The standard InChI is InChI=1S/C24H46O2/c1-4-6-8-9-10-11-12-13-14-15-16-17-18-19-21-23(20-7-5-2)22(3)24(25)26/h23H,3-21H2,1-2H3,(H,25,26). The van der Waals surface area contributed by atoms with Crippen LogP contribution in [0.4, 0.5) is 0 Å². The topological polar surface area (TPSA) is 37.3 Å². The third kappa shape index (κ3) is 15.5. The Bertz CT molecular complexity index is 335. The molecule has 0 saturated heterocycles. The molecule has 0 radical (unpaired) electrons. The fraction of sp³-hybridized carbons (Fsp3) is 0.875. The molecule has 0 rings (SSSR count). The van der Waals surface area contributed by atoms with Crippen molar-refractivity contribution in [3.63, 3.8) is 0 Å². The third-order valence-corrected chi connectivity index (χ3v) is 5.58. The lowest BCUT2D eigenvalue weighted by molar-refractivity contribution is -0.133. The van der Waals surface area contributed by atoms with Gasteiger partial charge in [-0.2, -0.15) is 0 Å². The molecule has 1 atom stereocenters. The summed E-state index contributed by atoms with van der Waals surface area (Å²) in [5.74, 6) is -0.624. The van der Waals surface area contributed by atoms with Crippen molar-refractivity contribution in [3.8, 4) is 0 Å². The van der Waals surface area contributed by atoms with Crippen molar-refractivity contribution in [2.45, 2.75) is 129 Å². The van der Waals surface area contributed by atoms with E-state index in [1.807, 2.05) is 0 Å². The number of unbranched alkanes of at least 4 members (excludes halogenated alkanes) is 14. The van der Waals surface area contributed by atoms with Crippen molar-refractivity contribution in [3.05, 3.63) is 12.2 Å². The largest absolute Gasteiger partial charge is 0.478 e. The monoisotopic (exact) mass is 366 g/mol. The van der Waals surface area contributed by atoms with Gasteiger partial charge < -0.3 is 5.11 Å². The van der Waals surface area contributed by atoms with Gasteiger partial charge in [0.1, 0.15) is 0 Å². The summed E-state index contributed by atoms with van der Waals surface area (Å²) in [6.07, 6.45) is 23.3. The number of aliphatic carboxylic acids is 1. The van der Waals surface area contributed by atoms with Crippen molar-refractivity contribution in [1.82, 2.24) is 0 Å². The number of carboxylic acids is 1. The van der Waals surface area contributed by atoms with E-state index in [1.54, 1.807) is 0 Å². The summed E-state index contributed by atoms with van der Waals surface area (Å²) < 4.78 is 0. The predicted molar refractivity (Wildman–Crippen MR) is 115 cm³/mol. The van der Waals surface area contributed by atoms with Crippen molar-refractivity contribution in [1.29, 1.82) is 0 Å². The average Bonchev–Trinajstić information content (AvgIpc) is 2.63. The SMILES string of the molecule is C=C(C(=O)O)C(CCCC)CCCCCCCCCCCCCCCC. The molecule has 0 aliphatic heterocycles. The Hall–Kier alpha value is -0.790. The molecule has 0 saturated carbocycles. The molecule has 2 heteroatoms. The Morgan fingerprint density at radius 2 is 1.00 bits per heavy atom. The summed E-state index contributed by atoms with van der Waals surface area (Å²) in [4.78, 5) is 11.2. The fourth-order valence-electron chi connectivity index (χ4n) is 3.70. The maximum absolute atomic E-state index is 11.2. The molecule has 0 amide bonds. The first-order valence-corrected chi connectivity index (χ1v) is 11.6. The zero-order chi connectivity index (χ0) is 19.5. The molecule has 1 N–H and O–H groups in total. The molecule has 0 aliphatic carbocycles. The number of hydrogen-bond donors (Lipinski definition) is 1. The minimum Gasteiger partial charge on any atom is -0.478 e. The highest BCUT2D eigenvalue weighted by molar-refractivity contribution is 5.86. The maximum Gasteiger partial charge on any atom is 0.331 e. The van der Waals surface area contributed by atoms with Crippen molar-refractivity contribution < 1.29 is 9.90 Å². The summed E-state index contributed by atoms with van der Waals surface area (Å²) in [5.41, 5.74) is 0.424. The number of hydrogen-bond acceptors (Lipinski definition) is 1. The number of carboxylic acid groups (broad SMARTS) is 1. The van der Waals surface area contributed by atoms with Crippen molar-refractivity contribution in [2.24, 2.45) is 5.92 Å². The Balaban J connectivity index is 3.47. The summed E-state index contributed by atoms with van der Waals surface area (Å²) in [6.45, 7) is 8.23. The second-order valence-corrected chi connectivity index (χ2v) is 8.05. The van der Waals surface area contributed by atoms with E-state index in [-0.39, 0.29) is 5.92 Å². The first kappa shape index (κ1) is 25.2. The van der Waals surface area contributed by atoms with Crippen LogP contribution in [0, 0.1) is 5.92 Å². The molecule has 0 aromatic heterocycles. The molecule has 0 aromatic carbocycles. The van der Waals surface area contributed by atoms with Crippen molar-refractivity contribution in [2.75, 3.05) is 0 Å². The van der Waals surface area contributed by atoms with Gasteiger partial charge >= 0.3 is 5.97 Å². The number of rotatable bonds is 20. The van der Waals surface area contributed by atoms with Crippen LogP contribution in [0.25, 0.3) is 0 Å². The molecule has 1 unspecified atom stereocenters. The van der Waals surface area contributed by atoms with E-state index in [0.717, 1.165) is 32.1 Å². The minimum atomic E-state index is -0.809. The average molecular weight is 367 g/mol. The van der Waals surface area contributed by atoms with Crippen LogP contribution in [0.3, 0.4) is 0 Å². The van der Waals surface area contributed by atoms with Crippen LogP contribution in [0.2, 0.25) is 0 Å². The highest BCUT2D eigenvalue weighted by Gasteiger charge is 2.17. The molecule has 0 heterocycles. The van der Waals surface area contributed by atoms with Gasteiger partial charge in [-0.25, -0.2) is 4.79 Å². The molecule has 2 nitrogen and oxygen atoms in total. The van der Waals surface area contributed by atoms with Gasteiger partial charge in [0.25, 0.3) is 0 Å². The van der Waals surface area contributed by atoms with E-state index < -0.39 is 5.97 Å². The molecular weight excluding hydrogens is 320 g/mol. The second-order valence-electron chi connectivity index (χ2n) is 8.05. The fourth-order valence-corrected chi connectivity index (χ4v) is 3.70. The highest BCUT2D eigenvalue weighted by atomic mass is 16.4. The first-order chi connectivity index (χ1) is 12.6. The molecular formula is C24H46O2.